The van der Waals surface area contributed by atoms with Gasteiger partial charge in [-0.05, 0) is 19.9 Å². The number of aryl methyl sites for hydroxylation is 2. The largest absolute Gasteiger partial charge is 0.382 e. The maximum absolute atomic E-state index is 5.76. The fraction of sp³-hybridized carbons (Fsp3) is 0.615. The average Bonchev–Trinajstić information content (AvgIpc) is 2.33. The highest BCUT2D eigenvalue weighted by Crippen LogP contribution is 2.19. The summed E-state index contributed by atoms with van der Waals surface area (Å²) in [4.78, 5) is 4.41. The molecule has 1 atom stereocenters. The van der Waals surface area contributed by atoms with Gasteiger partial charge in [0.15, 0.2) is 0 Å². The van der Waals surface area contributed by atoms with Crippen molar-refractivity contribution in [1.29, 1.82) is 0 Å². The van der Waals surface area contributed by atoms with E-state index in [0.29, 0.717) is 19.7 Å². The van der Waals surface area contributed by atoms with Gasteiger partial charge in [0.2, 0.25) is 0 Å². The maximum atomic E-state index is 5.76. The molecule has 1 aromatic rings. The van der Waals surface area contributed by atoms with E-state index in [1.165, 1.54) is 0 Å². The van der Waals surface area contributed by atoms with Gasteiger partial charge in [-0.1, -0.05) is 0 Å². The number of pyridine rings is 1. The van der Waals surface area contributed by atoms with Gasteiger partial charge >= 0.3 is 0 Å². The number of anilines is 1. The third-order valence-corrected chi connectivity index (χ3v) is 2.87. The zero-order valence-corrected chi connectivity index (χ0v) is 11.6. The zero-order valence-electron chi connectivity index (χ0n) is 11.6. The van der Waals surface area contributed by atoms with Gasteiger partial charge in [0.1, 0.15) is 0 Å². The predicted octanol–water partition coefficient (Wildman–Crippen LogP) is 1.23. The summed E-state index contributed by atoms with van der Waals surface area (Å²) in [7, 11) is 3.34. The first-order chi connectivity index (χ1) is 8.62. The van der Waals surface area contributed by atoms with Crippen LogP contribution in [0.2, 0.25) is 0 Å². The third kappa shape index (κ3) is 3.94. The summed E-state index contributed by atoms with van der Waals surface area (Å²) in [5, 5.41) is 3.36. The number of methoxy groups -OCH3 is 2. The third-order valence-electron chi connectivity index (χ3n) is 2.87. The van der Waals surface area contributed by atoms with Gasteiger partial charge in [-0.15, -0.1) is 0 Å². The van der Waals surface area contributed by atoms with Crippen LogP contribution in [0.15, 0.2) is 6.07 Å². The van der Waals surface area contributed by atoms with E-state index in [2.05, 4.69) is 10.3 Å². The van der Waals surface area contributed by atoms with E-state index in [9.17, 15) is 0 Å². The Morgan fingerprint density at radius 2 is 2.11 bits per heavy atom. The molecule has 0 aliphatic rings. The minimum absolute atomic E-state index is 0.0226. The molecule has 5 nitrogen and oxygen atoms in total. The highest BCUT2D eigenvalue weighted by molar-refractivity contribution is 5.53. The van der Waals surface area contributed by atoms with Gasteiger partial charge < -0.3 is 20.5 Å². The van der Waals surface area contributed by atoms with E-state index in [4.69, 9.17) is 15.2 Å². The molecule has 0 saturated heterocycles. The second-order valence-electron chi connectivity index (χ2n) is 4.27. The standard InChI is InChI=1S/C13H23N3O2/c1-9-5-13(12(6-14)10(2)16-9)15-7-11(18-4)8-17-3/h5,11H,6-8,14H2,1-4H3,(H,15,16). The van der Waals surface area contributed by atoms with Gasteiger partial charge in [0, 0.05) is 49.9 Å². The molecule has 0 aliphatic heterocycles. The van der Waals surface area contributed by atoms with Gasteiger partial charge in [0.05, 0.1) is 12.7 Å². The summed E-state index contributed by atoms with van der Waals surface area (Å²) in [6.07, 6.45) is 0.0226. The minimum Gasteiger partial charge on any atom is -0.382 e. The summed E-state index contributed by atoms with van der Waals surface area (Å²) < 4.78 is 10.4. The molecule has 1 rings (SSSR count). The normalized spacial score (nSPS) is 12.5. The Kier molecular flexibility index (Phi) is 6.04. The van der Waals surface area contributed by atoms with Crippen LogP contribution in [0.3, 0.4) is 0 Å². The van der Waals surface area contributed by atoms with Crippen molar-refractivity contribution in [3.8, 4) is 0 Å². The predicted molar refractivity (Wildman–Crippen MR) is 72.8 cm³/mol. The van der Waals surface area contributed by atoms with Crippen molar-refractivity contribution in [1.82, 2.24) is 4.98 Å². The zero-order chi connectivity index (χ0) is 13.5. The molecule has 0 fully saturated rings. The van der Waals surface area contributed by atoms with Crippen LogP contribution in [0.25, 0.3) is 0 Å². The molecular formula is C13H23N3O2. The number of ether oxygens (including phenoxy) is 2. The molecule has 5 heteroatoms. The van der Waals surface area contributed by atoms with Crippen molar-refractivity contribution in [3.05, 3.63) is 23.0 Å². The highest BCUT2D eigenvalue weighted by Gasteiger charge is 2.10. The van der Waals surface area contributed by atoms with E-state index >= 15 is 0 Å². The lowest BCUT2D eigenvalue weighted by Crippen LogP contribution is -2.27. The van der Waals surface area contributed by atoms with Crippen molar-refractivity contribution in [2.45, 2.75) is 26.5 Å². The van der Waals surface area contributed by atoms with Crippen LogP contribution in [-0.2, 0) is 16.0 Å². The highest BCUT2D eigenvalue weighted by atomic mass is 16.5. The number of hydrogen-bond donors (Lipinski definition) is 2. The molecule has 0 aromatic carbocycles. The smallest absolute Gasteiger partial charge is 0.0976 e. The first-order valence-corrected chi connectivity index (χ1v) is 6.05. The number of nitrogens with one attached hydrogen (secondary N) is 1. The van der Waals surface area contributed by atoms with Crippen LogP contribution in [0.5, 0.6) is 0 Å². The van der Waals surface area contributed by atoms with Crippen LogP contribution in [0.4, 0.5) is 5.69 Å². The summed E-state index contributed by atoms with van der Waals surface area (Å²) in [5.41, 5.74) is 9.79. The Bertz CT molecular complexity index is 383. The number of nitrogens with zero attached hydrogens (tertiary/aromatic N) is 1. The SMILES string of the molecule is COCC(CNc1cc(C)nc(C)c1CN)OC. The molecule has 1 unspecified atom stereocenters. The fourth-order valence-electron chi connectivity index (χ4n) is 1.89. The summed E-state index contributed by atoms with van der Waals surface area (Å²) in [5.74, 6) is 0. The molecule has 1 heterocycles. The van der Waals surface area contributed by atoms with Gasteiger partial charge in [0.25, 0.3) is 0 Å². The van der Waals surface area contributed by atoms with Crippen molar-refractivity contribution >= 4 is 5.69 Å². The van der Waals surface area contributed by atoms with Crippen molar-refractivity contribution in [2.75, 3.05) is 32.7 Å². The van der Waals surface area contributed by atoms with Gasteiger partial charge in [-0.2, -0.15) is 0 Å². The molecule has 3 N–H and O–H groups in total. The Hall–Kier alpha value is -1.17. The number of hydrogen-bond acceptors (Lipinski definition) is 5. The lowest BCUT2D eigenvalue weighted by atomic mass is 10.1. The van der Waals surface area contributed by atoms with Gasteiger partial charge in [-0.3, -0.25) is 4.98 Å². The second-order valence-corrected chi connectivity index (χ2v) is 4.27. The molecule has 0 amide bonds. The molecule has 1 aromatic heterocycles. The minimum atomic E-state index is 0.0226. The van der Waals surface area contributed by atoms with E-state index in [0.717, 1.165) is 22.6 Å². The first-order valence-electron chi connectivity index (χ1n) is 6.05. The van der Waals surface area contributed by atoms with Crippen LogP contribution in [0.1, 0.15) is 17.0 Å². The van der Waals surface area contributed by atoms with E-state index < -0.39 is 0 Å². The van der Waals surface area contributed by atoms with Crippen LogP contribution < -0.4 is 11.1 Å². The van der Waals surface area contributed by atoms with Gasteiger partial charge in [-0.25, -0.2) is 0 Å². The number of rotatable bonds is 7. The first kappa shape index (κ1) is 14.9. The maximum Gasteiger partial charge on any atom is 0.0976 e. The summed E-state index contributed by atoms with van der Waals surface area (Å²) in [6.45, 7) is 5.67. The Balaban J connectivity index is 2.77. The molecule has 0 saturated carbocycles. The Labute approximate surface area is 109 Å². The van der Waals surface area contributed by atoms with Crippen LogP contribution in [0, 0.1) is 13.8 Å². The van der Waals surface area contributed by atoms with Crippen molar-refractivity contribution in [2.24, 2.45) is 5.73 Å². The molecule has 102 valence electrons. The molecule has 0 radical (unpaired) electrons. The molecule has 0 bridgehead atoms. The quantitative estimate of drug-likeness (QED) is 0.765. The Morgan fingerprint density at radius 3 is 2.67 bits per heavy atom. The molecule has 18 heavy (non-hydrogen) atoms. The van der Waals surface area contributed by atoms with E-state index in [1.807, 2.05) is 19.9 Å². The van der Waals surface area contributed by atoms with Crippen LogP contribution >= 0.6 is 0 Å². The lowest BCUT2D eigenvalue weighted by molar-refractivity contribution is 0.0365. The number of nitrogens with two attached hydrogens (primary N) is 1. The molecule has 0 spiro atoms. The average molecular weight is 253 g/mol. The Morgan fingerprint density at radius 1 is 1.39 bits per heavy atom. The summed E-state index contributed by atoms with van der Waals surface area (Å²) in [6, 6.07) is 2.01. The van der Waals surface area contributed by atoms with Crippen LogP contribution in [-0.4, -0.2) is 38.5 Å². The summed E-state index contributed by atoms with van der Waals surface area (Å²) >= 11 is 0. The van der Waals surface area contributed by atoms with Crippen molar-refractivity contribution < 1.29 is 9.47 Å². The number of aromatic nitrogens is 1. The topological polar surface area (TPSA) is 69.4 Å². The monoisotopic (exact) mass is 253 g/mol. The van der Waals surface area contributed by atoms with Crippen molar-refractivity contribution in [3.63, 3.8) is 0 Å². The fourth-order valence-corrected chi connectivity index (χ4v) is 1.89. The van der Waals surface area contributed by atoms with E-state index in [-0.39, 0.29) is 6.10 Å². The molecule has 0 aliphatic carbocycles. The lowest BCUT2D eigenvalue weighted by Gasteiger charge is -2.18. The van der Waals surface area contributed by atoms with E-state index in [1.54, 1.807) is 14.2 Å². The second kappa shape index (κ2) is 7.31. The molecular weight excluding hydrogens is 230 g/mol.